The standard InChI is InChI=1S/C14H20N8O3S/c1-20(2)11-16-12(21-4-6-25-7-5-21)18-13(17-11)22-9-15-14(19-22)26-8-10(23)24-3/h9H,4-8H2,1-3H3. The molecule has 0 atom stereocenters. The molecule has 2 aromatic rings. The maximum atomic E-state index is 11.2. The Morgan fingerprint density at radius 1 is 1.27 bits per heavy atom. The third-order valence-corrected chi connectivity index (χ3v) is 4.34. The molecule has 1 saturated heterocycles. The molecule has 0 aliphatic carbocycles. The number of hydrogen-bond donors (Lipinski definition) is 0. The lowest BCUT2D eigenvalue weighted by Gasteiger charge is -2.27. The quantitative estimate of drug-likeness (QED) is 0.483. The van der Waals surface area contributed by atoms with Crippen molar-refractivity contribution in [2.24, 2.45) is 0 Å². The zero-order valence-electron chi connectivity index (χ0n) is 14.8. The van der Waals surface area contributed by atoms with Crippen LogP contribution in [0, 0.1) is 0 Å². The Hall–Kier alpha value is -2.47. The first-order valence-electron chi connectivity index (χ1n) is 7.94. The molecule has 26 heavy (non-hydrogen) atoms. The van der Waals surface area contributed by atoms with Crippen LogP contribution in [0.5, 0.6) is 0 Å². The van der Waals surface area contributed by atoms with Gasteiger partial charge in [0.1, 0.15) is 6.33 Å². The molecule has 11 nitrogen and oxygen atoms in total. The van der Waals surface area contributed by atoms with E-state index in [0.29, 0.717) is 49.3 Å². The van der Waals surface area contributed by atoms with Gasteiger partial charge in [-0.05, 0) is 0 Å². The van der Waals surface area contributed by atoms with E-state index in [1.807, 2.05) is 19.0 Å². The molecule has 0 radical (unpaired) electrons. The van der Waals surface area contributed by atoms with Gasteiger partial charge in [-0.25, -0.2) is 4.98 Å². The number of rotatable bonds is 6. The molecule has 1 aliphatic heterocycles. The van der Waals surface area contributed by atoms with E-state index in [2.05, 4.69) is 29.8 Å². The maximum absolute atomic E-state index is 11.2. The third-order valence-electron chi connectivity index (χ3n) is 3.52. The summed E-state index contributed by atoms with van der Waals surface area (Å²) < 4.78 is 11.5. The van der Waals surface area contributed by atoms with Crippen LogP contribution in [-0.4, -0.2) is 88.9 Å². The number of nitrogens with zero attached hydrogens (tertiary/aromatic N) is 8. The Labute approximate surface area is 154 Å². The summed E-state index contributed by atoms with van der Waals surface area (Å²) in [5.74, 6) is 1.26. The summed E-state index contributed by atoms with van der Waals surface area (Å²) in [4.78, 5) is 32.7. The second-order valence-electron chi connectivity index (χ2n) is 5.57. The second-order valence-corrected chi connectivity index (χ2v) is 6.51. The van der Waals surface area contributed by atoms with Crippen LogP contribution < -0.4 is 9.80 Å². The van der Waals surface area contributed by atoms with Crippen molar-refractivity contribution < 1.29 is 14.3 Å². The molecule has 0 N–H and O–H groups in total. The number of ether oxygens (including phenoxy) is 2. The summed E-state index contributed by atoms with van der Waals surface area (Å²) in [7, 11) is 5.07. The molecule has 1 fully saturated rings. The number of anilines is 2. The van der Waals surface area contributed by atoms with Gasteiger partial charge in [-0.3, -0.25) is 4.79 Å². The van der Waals surface area contributed by atoms with E-state index in [0.717, 1.165) is 0 Å². The SMILES string of the molecule is COC(=O)CSc1ncn(-c2nc(N(C)C)nc(N3CCOCC3)n2)n1. The largest absolute Gasteiger partial charge is 0.468 e. The molecule has 0 saturated carbocycles. The highest BCUT2D eigenvalue weighted by Gasteiger charge is 2.18. The van der Waals surface area contributed by atoms with E-state index in [-0.39, 0.29) is 11.7 Å². The summed E-state index contributed by atoms with van der Waals surface area (Å²) in [6.07, 6.45) is 1.51. The molecule has 0 bridgehead atoms. The van der Waals surface area contributed by atoms with Crippen molar-refractivity contribution in [2.75, 3.05) is 63.1 Å². The van der Waals surface area contributed by atoms with Gasteiger partial charge in [-0.15, -0.1) is 5.10 Å². The van der Waals surface area contributed by atoms with Crippen molar-refractivity contribution in [3.8, 4) is 5.95 Å². The molecule has 140 valence electrons. The first-order chi connectivity index (χ1) is 12.6. The molecule has 0 amide bonds. The lowest BCUT2D eigenvalue weighted by molar-refractivity contribution is -0.137. The minimum atomic E-state index is -0.337. The maximum Gasteiger partial charge on any atom is 0.316 e. The lowest BCUT2D eigenvalue weighted by atomic mass is 10.4. The first kappa shape index (κ1) is 18.3. The Morgan fingerprint density at radius 3 is 2.69 bits per heavy atom. The van der Waals surface area contributed by atoms with E-state index in [1.54, 1.807) is 4.90 Å². The Morgan fingerprint density at radius 2 is 2.00 bits per heavy atom. The van der Waals surface area contributed by atoms with Crippen LogP contribution in [-0.2, 0) is 14.3 Å². The van der Waals surface area contributed by atoms with Crippen LogP contribution in [0.4, 0.5) is 11.9 Å². The van der Waals surface area contributed by atoms with Gasteiger partial charge in [-0.2, -0.15) is 19.6 Å². The van der Waals surface area contributed by atoms with Crippen molar-refractivity contribution in [3.63, 3.8) is 0 Å². The van der Waals surface area contributed by atoms with Gasteiger partial charge in [-0.1, -0.05) is 11.8 Å². The van der Waals surface area contributed by atoms with E-state index in [9.17, 15) is 4.79 Å². The van der Waals surface area contributed by atoms with Gasteiger partial charge < -0.3 is 19.3 Å². The number of methoxy groups -OCH3 is 1. The number of hydrogen-bond acceptors (Lipinski definition) is 11. The second kappa shape index (κ2) is 8.27. The molecular weight excluding hydrogens is 360 g/mol. The molecule has 3 rings (SSSR count). The van der Waals surface area contributed by atoms with Crippen molar-refractivity contribution >= 4 is 29.6 Å². The van der Waals surface area contributed by atoms with E-state index >= 15 is 0 Å². The van der Waals surface area contributed by atoms with Crippen LogP contribution >= 0.6 is 11.8 Å². The predicted octanol–water partition coefficient (Wildman–Crippen LogP) is -0.380. The minimum absolute atomic E-state index is 0.139. The van der Waals surface area contributed by atoms with Crippen molar-refractivity contribution in [3.05, 3.63) is 6.33 Å². The summed E-state index contributed by atoms with van der Waals surface area (Å²) in [5, 5.41) is 4.76. The lowest BCUT2D eigenvalue weighted by Crippen LogP contribution is -2.38. The van der Waals surface area contributed by atoms with E-state index in [1.165, 1.54) is 29.9 Å². The van der Waals surface area contributed by atoms with Gasteiger partial charge >= 0.3 is 5.97 Å². The monoisotopic (exact) mass is 380 g/mol. The summed E-state index contributed by atoms with van der Waals surface area (Å²) in [6, 6.07) is 0. The van der Waals surface area contributed by atoms with Gasteiger partial charge in [0.05, 0.1) is 26.1 Å². The molecule has 3 heterocycles. The minimum Gasteiger partial charge on any atom is -0.468 e. The Balaban J connectivity index is 1.85. The highest BCUT2D eigenvalue weighted by Crippen LogP contribution is 2.17. The van der Waals surface area contributed by atoms with Crippen LogP contribution in [0.2, 0.25) is 0 Å². The molecular formula is C14H20N8O3S. The van der Waals surface area contributed by atoms with Gasteiger partial charge in [0.25, 0.3) is 5.95 Å². The molecule has 0 spiro atoms. The zero-order chi connectivity index (χ0) is 18.5. The topological polar surface area (TPSA) is 111 Å². The summed E-state index contributed by atoms with van der Waals surface area (Å²) in [6.45, 7) is 2.70. The normalized spacial score (nSPS) is 14.3. The highest BCUT2D eigenvalue weighted by atomic mass is 32.2. The predicted molar refractivity (Wildman–Crippen MR) is 94.8 cm³/mol. The van der Waals surface area contributed by atoms with Crippen LogP contribution in [0.1, 0.15) is 0 Å². The number of morpholine rings is 1. The van der Waals surface area contributed by atoms with Crippen LogP contribution in [0.15, 0.2) is 11.5 Å². The molecule has 2 aromatic heterocycles. The fourth-order valence-corrected chi connectivity index (χ4v) is 2.78. The van der Waals surface area contributed by atoms with Gasteiger partial charge in [0.15, 0.2) is 0 Å². The van der Waals surface area contributed by atoms with Crippen molar-refractivity contribution in [2.45, 2.75) is 5.16 Å². The number of thioether (sulfide) groups is 1. The molecule has 0 unspecified atom stereocenters. The summed E-state index contributed by atoms with van der Waals surface area (Å²) >= 11 is 1.19. The van der Waals surface area contributed by atoms with Crippen molar-refractivity contribution in [1.82, 2.24) is 29.7 Å². The summed E-state index contributed by atoms with van der Waals surface area (Å²) in [5.41, 5.74) is 0. The molecule has 12 heteroatoms. The highest BCUT2D eigenvalue weighted by molar-refractivity contribution is 7.99. The smallest absolute Gasteiger partial charge is 0.316 e. The Bertz CT molecular complexity index is 762. The van der Waals surface area contributed by atoms with Gasteiger partial charge in [0.2, 0.25) is 17.1 Å². The van der Waals surface area contributed by atoms with Crippen LogP contribution in [0.25, 0.3) is 5.95 Å². The molecule has 0 aromatic carbocycles. The average molecular weight is 380 g/mol. The number of esters is 1. The number of carbonyl (C=O) groups is 1. The number of carbonyl (C=O) groups excluding carboxylic acids is 1. The zero-order valence-corrected chi connectivity index (χ0v) is 15.6. The average Bonchev–Trinajstić information content (AvgIpc) is 3.15. The van der Waals surface area contributed by atoms with Crippen LogP contribution in [0.3, 0.4) is 0 Å². The van der Waals surface area contributed by atoms with E-state index < -0.39 is 0 Å². The number of aromatic nitrogens is 6. The van der Waals surface area contributed by atoms with Crippen molar-refractivity contribution in [1.29, 1.82) is 0 Å². The first-order valence-corrected chi connectivity index (χ1v) is 8.93. The van der Waals surface area contributed by atoms with Gasteiger partial charge in [0, 0.05) is 27.2 Å². The van der Waals surface area contributed by atoms with E-state index in [4.69, 9.17) is 4.74 Å². The fraction of sp³-hybridized carbons (Fsp3) is 0.571. The Kier molecular flexibility index (Phi) is 5.83. The fourth-order valence-electron chi connectivity index (χ4n) is 2.14. The molecule has 1 aliphatic rings. The third kappa shape index (κ3) is 4.38.